The van der Waals surface area contributed by atoms with Gasteiger partial charge < -0.3 is 9.42 Å². The Morgan fingerprint density at radius 2 is 1.84 bits per heavy atom. The molecule has 1 unspecified atom stereocenters. The maximum absolute atomic E-state index is 13.6. The molecular formula is C22H18Cl2N6O2. The Morgan fingerprint density at radius 1 is 1.09 bits per heavy atom. The molecule has 1 atom stereocenters. The van der Waals surface area contributed by atoms with Crippen LogP contribution in [-0.2, 0) is 0 Å². The number of amides is 1. The van der Waals surface area contributed by atoms with Crippen LogP contribution in [0.15, 0.2) is 53.3 Å². The van der Waals surface area contributed by atoms with Gasteiger partial charge in [0.15, 0.2) is 0 Å². The summed E-state index contributed by atoms with van der Waals surface area (Å²) in [4.78, 5) is 21.3. The Bertz CT molecular complexity index is 1290. The Morgan fingerprint density at radius 3 is 2.66 bits per heavy atom. The number of carbonyl (C=O) groups is 1. The molecule has 3 heterocycles. The van der Waals surface area contributed by atoms with Gasteiger partial charge in [-0.15, -0.1) is 4.80 Å². The van der Waals surface area contributed by atoms with Gasteiger partial charge in [-0.2, -0.15) is 15.2 Å². The van der Waals surface area contributed by atoms with Gasteiger partial charge in [0.25, 0.3) is 5.91 Å². The van der Waals surface area contributed by atoms with Crippen molar-refractivity contribution < 1.29 is 9.32 Å². The number of benzene rings is 2. The van der Waals surface area contributed by atoms with Crippen LogP contribution in [0.1, 0.15) is 40.7 Å². The monoisotopic (exact) mass is 468 g/mol. The Balaban J connectivity index is 1.48. The molecule has 0 N–H and O–H groups in total. The summed E-state index contributed by atoms with van der Waals surface area (Å²) in [6, 6.07) is 10.4. The van der Waals surface area contributed by atoms with Gasteiger partial charge in [0.1, 0.15) is 11.7 Å². The van der Waals surface area contributed by atoms with E-state index in [0.29, 0.717) is 39.6 Å². The maximum Gasteiger partial charge on any atom is 0.256 e. The van der Waals surface area contributed by atoms with Crippen LogP contribution in [0.4, 0.5) is 0 Å². The van der Waals surface area contributed by atoms with Crippen molar-refractivity contribution in [2.75, 3.05) is 6.54 Å². The molecule has 2 aromatic carbocycles. The zero-order valence-electron chi connectivity index (χ0n) is 17.1. The minimum absolute atomic E-state index is 0.194. The zero-order chi connectivity index (χ0) is 22.2. The highest BCUT2D eigenvalue weighted by Crippen LogP contribution is 2.35. The number of aromatic nitrogens is 5. The molecule has 32 heavy (non-hydrogen) atoms. The molecule has 0 spiro atoms. The molecule has 1 amide bonds. The number of nitrogens with zero attached hydrogens (tertiary/aromatic N) is 6. The minimum atomic E-state index is -0.333. The first kappa shape index (κ1) is 20.7. The smallest absolute Gasteiger partial charge is 0.256 e. The summed E-state index contributed by atoms with van der Waals surface area (Å²) in [5.41, 5.74) is 2.52. The highest BCUT2D eigenvalue weighted by molar-refractivity contribution is 6.33. The van der Waals surface area contributed by atoms with Gasteiger partial charge in [-0.3, -0.25) is 4.79 Å². The van der Waals surface area contributed by atoms with Crippen LogP contribution in [0.3, 0.4) is 0 Å². The SMILES string of the molecule is Cc1c(Cl)cccc1-c1noc(C2CCCN2C(=O)c2cccc(Cl)c2-n2nccn2)n1. The number of rotatable bonds is 4. The molecule has 162 valence electrons. The van der Waals surface area contributed by atoms with E-state index in [2.05, 4.69) is 20.3 Å². The number of carbonyl (C=O) groups excluding carboxylic acids is 1. The molecule has 1 aliphatic rings. The van der Waals surface area contributed by atoms with Gasteiger partial charge in [0.05, 0.1) is 23.0 Å². The lowest BCUT2D eigenvalue weighted by Gasteiger charge is -2.23. The second-order valence-electron chi connectivity index (χ2n) is 7.48. The highest BCUT2D eigenvalue weighted by Gasteiger charge is 2.36. The predicted octanol–water partition coefficient (Wildman–Crippen LogP) is 4.91. The summed E-state index contributed by atoms with van der Waals surface area (Å²) in [6.45, 7) is 2.47. The highest BCUT2D eigenvalue weighted by atomic mass is 35.5. The van der Waals surface area contributed by atoms with Gasteiger partial charge >= 0.3 is 0 Å². The summed E-state index contributed by atoms with van der Waals surface area (Å²) in [5, 5.41) is 13.5. The molecule has 1 saturated heterocycles. The van der Waals surface area contributed by atoms with Crippen LogP contribution in [0.25, 0.3) is 17.1 Å². The molecular weight excluding hydrogens is 451 g/mol. The second-order valence-corrected chi connectivity index (χ2v) is 8.29. The van der Waals surface area contributed by atoms with Crippen molar-refractivity contribution in [1.82, 2.24) is 30.0 Å². The maximum atomic E-state index is 13.6. The third kappa shape index (κ3) is 3.55. The molecule has 8 nitrogen and oxygen atoms in total. The Hall–Kier alpha value is -3.23. The molecule has 0 radical (unpaired) electrons. The molecule has 1 fully saturated rings. The standard InChI is InChI=1S/C22H18Cl2N6O2/c1-13-14(5-2-7-16(13)23)20-27-21(32-28-20)18-9-4-12-29(18)22(31)15-6-3-8-17(24)19(15)30-25-10-11-26-30/h2-3,5-8,10-11,18H,4,9,12H2,1H3. The van der Waals surface area contributed by atoms with E-state index >= 15 is 0 Å². The summed E-state index contributed by atoms with van der Waals surface area (Å²) >= 11 is 12.6. The fraction of sp³-hybridized carbons (Fsp3) is 0.227. The van der Waals surface area contributed by atoms with Crippen molar-refractivity contribution >= 4 is 29.1 Å². The molecule has 5 rings (SSSR count). The molecule has 0 bridgehead atoms. The summed E-state index contributed by atoms with van der Waals surface area (Å²) in [5.74, 6) is 0.649. The van der Waals surface area contributed by atoms with Gasteiger partial charge in [-0.25, -0.2) is 0 Å². The summed E-state index contributed by atoms with van der Waals surface area (Å²) in [6.07, 6.45) is 4.61. The molecule has 2 aromatic heterocycles. The first-order valence-electron chi connectivity index (χ1n) is 10.1. The van der Waals surface area contributed by atoms with Crippen LogP contribution < -0.4 is 0 Å². The molecule has 0 saturated carbocycles. The second kappa shape index (κ2) is 8.37. The van der Waals surface area contributed by atoms with Gasteiger partial charge in [0, 0.05) is 17.1 Å². The lowest BCUT2D eigenvalue weighted by Crippen LogP contribution is -2.31. The Kier molecular flexibility index (Phi) is 5.40. The molecule has 1 aliphatic heterocycles. The van der Waals surface area contributed by atoms with Gasteiger partial charge in [0.2, 0.25) is 11.7 Å². The summed E-state index contributed by atoms with van der Waals surface area (Å²) in [7, 11) is 0. The first-order chi connectivity index (χ1) is 15.5. The molecule has 0 aliphatic carbocycles. The van der Waals surface area contributed by atoms with Crippen LogP contribution in [0.5, 0.6) is 0 Å². The zero-order valence-corrected chi connectivity index (χ0v) is 18.6. The van der Waals surface area contributed by atoms with Crippen LogP contribution in [0.2, 0.25) is 10.0 Å². The van der Waals surface area contributed by atoms with E-state index in [0.717, 1.165) is 24.0 Å². The van der Waals surface area contributed by atoms with Crippen LogP contribution in [-0.4, -0.2) is 42.5 Å². The number of halogens is 2. The van der Waals surface area contributed by atoms with E-state index in [-0.39, 0.29) is 11.9 Å². The lowest BCUT2D eigenvalue weighted by molar-refractivity contribution is 0.0709. The van der Waals surface area contributed by atoms with Crippen LogP contribution >= 0.6 is 23.2 Å². The average molecular weight is 469 g/mol. The van der Waals surface area contributed by atoms with Crippen molar-refractivity contribution in [3.63, 3.8) is 0 Å². The van der Waals surface area contributed by atoms with E-state index in [1.807, 2.05) is 25.1 Å². The predicted molar refractivity (Wildman–Crippen MR) is 119 cm³/mol. The summed E-state index contributed by atoms with van der Waals surface area (Å²) < 4.78 is 5.59. The van der Waals surface area contributed by atoms with Crippen molar-refractivity contribution in [1.29, 1.82) is 0 Å². The third-order valence-electron chi connectivity index (χ3n) is 5.58. The third-order valence-corrected chi connectivity index (χ3v) is 6.30. The van der Waals surface area contributed by atoms with Crippen molar-refractivity contribution in [3.05, 3.63) is 75.9 Å². The fourth-order valence-electron chi connectivity index (χ4n) is 3.97. The van der Waals surface area contributed by atoms with Crippen molar-refractivity contribution in [2.24, 2.45) is 0 Å². The van der Waals surface area contributed by atoms with Gasteiger partial charge in [-0.1, -0.05) is 46.6 Å². The first-order valence-corrected chi connectivity index (χ1v) is 10.9. The Labute approximate surface area is 193 Å². The number of para-hydroxylation sites is 1. The quantitative estimate of drug-likeness (QED) is 0.422. The van der Waals surface area contributed by atoms with E-state index in [1.54, 1.807) is 23.1 Å². The van der Waals surface area contributed by atoms with E-state index < -0.39 is 0 Å². The molecule has 4 aromatic rings. The average Bonchev–Trinajstić information content (AvgIpc) is 3.56. The van der Waals surface area contributed by atoms with Crippen molar-refractivity contribution in [3.8, 4) is 17.1 Å². The molecule has 10 heteroatoms. The topological polar surface area (TPSA) is 89.9 Å². The van der Waals surface area contributed by atoms with E-state index in [9.17, 15) is 4.79 Å². The number of hydrogen-bond donors (Lipinski definition) is 0. The largest absolute Gasteiger partial charge is 0.337 e. The normalized spacial score (nSPS) is 16.0. The van der Waals surface area contributed by atoms with Gasteiger partial charge in [-0.05, 0) is 43.5 Å². The van der Waals surface area contributed by atoms with Crippen LogP contribution in [0, 0.1) is 6.92 Å². The number of hydrogen-bond acceptors (Lipinski definition) is 6. The van der Waals surface area contributed by atoms with E-state index in [1.165, 1.54) is 17.2 Å². The van der Waals surface area contributed by atoms with E-state index in [4.69, 9.17) is 27.7 Å². The minimum Gasteiger partial charge on any atom is -0.337 e. The number of likely N-dealkylation sites (tertiary alicyclic amines) is 1. The fourth-order valence-corrected chi connectivity index (χ4v) is 4.40. The van der Waals surface area contributed by atoms with Crippen molar-refractivity contribution in [2.45, 2.75) is 25.8 Å². The lowest BCUT2D eigenvalue weighted by atomic mass is 10.1.